The number of carbonyl (C=O) groups is 1. The second kappa shape index (κ2) is 8.81. The molecule has 0 saturated carbocycles. The molecule has 1 saturated heterocycles. The van der Waals surface area contributed by atoms with Crippen LogP contribution in [0.1, 0.15) is 30.4 Å². The Morgan fingerprint density at radius 3 is 2.38 bits per heavy atom. The minimum absolute atomic E-state index is 0.226. The molecule has 2 aromatic carbocycles. The summed E-state index contributed by atoms with van der Waals surface area (Å²) >= 11 is 5.42. The standard InChI is InChI=1S/C21H23NO3S/c1-2-24-20(26)19-13-18(17-11-7-4-8-12-17)14-22(19)21(23)25-15-16-9-5-3-6-10-16/h3-12,18-19H,2,13-15H2,1H3/t18-,19+/m0/s1. The first-order valence-corrected chi connectivity index (χ1v) is 9.28. The van der Waals surface area contributed by atoms with E-state index in [1.54, 1.807) is 4.90 Å². The van der Waals surface area contributed by atoms with E-state index in [-0.39, 0.29) is 24.7 Å². The third-order valence-corrected chi connectivity index (χ3v) is 4.96. The van der Waals surface area contributed by atoms with Crippen LogP contribution in [0.25, 0.3) is 0 Å². The highest BCUT2D eigenvalue weighted by molar-refractivity contribution is 7.80. The quantitative estimate of drug-likeness (QED) is 0.725. The van der Waals surface area contributed by atoms with Crippen molar-refractivity contribution >= 4 is 23.4 Å². The Balaban J connectivity index is 1.71. The van der Waals surface area contributed by atoms with Gasteiger partial charge < -0.3 is 9.47 Å². The molecule has 1 aliphatic heterocycles. The van der Waals surface area contributed by atoms with E-state index in [0.29, 0.717) is 18.2 Å². The molecule has 0 N–H and O–H groups in total. The highest BCUT2D eigenvalue weighted by Gasteiger charge is 2.40. The molecule has 0 unspecified atom stereocenters. The van der Waals surface area contributed by atoms with Gasteiger partial charge in [0.2, 0.25) is 0 Å². The lowest BCUT2D eigenvalue weighted by Crippen LogP contribution is -2.41. The Labute approximate surface area is 159 Å². The average Bonchev–Trinajstić information content (AvgIpc) is 3.13. The highest BCUT2D eigenvalue weighted by Crippen LogP contribution is 2.33. The van der Waals surface area contributed by atoms with Gasteiger partial charge in [-0.15, -0.1) is 0 Å². The van der Waals surface area contributed by atoms with Crippen LogP contribution in [0.2, 0.25) is 0 Å². The summed E-state index contributed by atoms with van der Waals surface area (Å²) in [4.78, 5) is 14.4. The zero-order chi connectivity index (χ0) is 18.4. The van der Waals surface area contributed by atoms with Gasteiger partial charge in [0.15, 0.2) is 5.05 Å². The molecule has 2 aromatic rings. The van der Waals surface area contributed by atoms with E-state index < -0.39 is 0 Å². The largest absolute Gasteiger partial charge is 0.485 e. The number of nitrogens with zero attached hydrogens (tertiary/aromatic N) is 1. The number of hydrogen-bond acceptors (Lipinski definition) is 4. The molecular weight excluding hydrogens is 346 g/mol. The van der Waals surface area contributed by atoms with Gasteiger partial charge in [-0.2, -0.15) is 0 Å². The van der Waals surface area contributed by atoms with Crippen molar-refractivity contribution in [2.45, 2.75) is 31.9 Å². The van der Waals surface area contributed by atoms with E-state index in [1.807, 2.05) is 55.5 Å². The summed E-state index contributed by atoms with van der Waals surface area (Å²) in [6, 6.07) is 19.6. The Morgan fingerprint density at radius 1 is 1.08 bits per heavy atom. The lowest BCUT2D eigenvalue weighted by atomic mass is 9.97. The van der Waals surface area contributed by atoms with E-state index in [9.17, 15) is 4.79 Å². The average molecular weight is 369 g/mol. The summed E-state index contributed by atoms with van der Waals surface area (Å²) in [5.41, 5.74) is 2.17. The van der Waals surface area contributed by atoms with Crippen molar-refractivity contribution in [2.24, 2.45) is 0 Å². The molecule has 136 valence electrons. The SMILES string of the molecule is CCOC(=S)[C@H]1C[C@H](c2ccccc2)CN1C(=O)OCc1ccccc1. The van der Waals surface area contributed by atoms with Crippen LogP contribution in [-0.2, 0) is 16.1 Å². The van der Waals surface area contributed by atoms with E-state index in [1.165, 1.54) is 5.56 Å². The van der Waals surface area contributed by atoms with Crippen molar-refractivity contribution in [3.05, 3.63) is 71.8 Å². The van der Waals surface area contributed by atoms with Crippen molar-refractivity contribution in [1.82, 2.24) is 4.90 Å². The van der Waals surface area contributed by atoms with Crippen molar-refractivity contribution < 1.29 is 14.3 Å². The molecule has 0 spiro atoms. The molecule has 26 heavy (non-hydrogen) atoms. The predicted molar refractivity (Wildman–Crippen MR) is 105 cm³/mol. The summed E-state index contributed by atoms with van der Waals surface area (Å²) in [6.45, 7) is 3.22. The first-order chi connectivity index (χ1) is 12.7. The first-order valence-electron chi connectivity index (χ1n) is 8.88. The van der Waals surface area contributed by atoms with E-state index in [2.05, 4.69) is 12.1 Å². The van der Waals surface area contributed by atoms with Crippen LogP contribution in [-0.4, -0.2) is 35.2 Å². The number of amides is 1. The van der Waals surface area contributed by atoms with E-state index in [0.717, 1.165) is 12.0 Å². The molecule has 0 aromatic heterocycles. The van der Waals surface area contributed by atoms with Gasteiger partial charge in [0.25, 0.3) is 0 Å². The minimum atomic E-state index is -0.348. The Hall–Kier alpha value is -2.40. The van der Waals surface area contributed by atoms with Crippen LogP contribution in [0, 0.1) is 0 Å². The molecule has 3 rings (SSSR count). The van der Waals surface area contributed by atoms with Gasteiger partial charge in [-0.05, 0) is 36.7 Å². The lowest BCUT2D eigenvalue weighted by molar-refractivity contribution is 0.0963. The molecule has 2 atom stereocenters. The fourth-order valence-electron chi connectivity index (χ4n) is 3.27. The van der Waals surface area contributed by atoms with E-state index in [4.69, 9.17) is 21.7 Å². The maximum Gasteiger partial charge on any atom is 0.410 e. The summed E-state index contributed by atoms with van der Waals surface area (Å²) in [7, 11) is 0. The molecule has 0 aliphatic carbocycles. The first kappa shape index (κ1) is 18.4. The smallest absolute Gasteiger partial charge is 0.410 e. The number of benzene rings is 2. The van der Waals surface area contributed by atoms with Crippen LogP contribution in [0.3, 0.4) is 0 Å². The Morgan fingerprint density at radius 2 is 1.73 bits per heavy atom. The second-order valence-electron chi connectivity index (χ2n) is 6.30. The number of thiocarbonyl (C=S) groups is 1. The fraction of sp³-hybridized carbons (Fsp3) is 0.333. The number of rotatable bonds is 5. The van der Waals surface area contributed by atoms with Crippen LogP contribution in [0.4, 0.5) is 4.79 Å². The number of carbonyl (C=O) groups excluding carboxylic acids is 1. The van der Waals surface area contributed by atoms with Crippen molar-refractivity contribution in [2.75, 3.05) is 13.2 Å². The summed E-state index contributed by atoms with van der Waals surface area (Å²) < 4.78 is 11.1. The van der Waals surface area contributed by atoms with E-state index >= 15 is 0 Å². The van der Waals surface area contributed by atoms with Gasteiger partial charge in [0, 0.05) is 12.5 Å². The molecular formula is C21H23NO3S. The van der Waals surface area contributed by atoms with Crippen molar-refractivity contribution in [3.8, 4) is 0 Å². The highest BCUT2D eigenvalue weighted by atomic mass is 32.1. The van der Waals surface area contributed by atoms with Gasteiger partial charge in [-0.1, -0.05) is 60.7 Å². The zero-order valence-electron chi connectivity index (χ0n) is 14.8. The van der Waals surface area contributed by atoms with Crippen LogP contribution < -0.4 is 0 Å². The van der Waals surface area contributed by atoms with Gasteiger partial charge in [0.1, 0.15) is 12.6 Å². The normalized spacial score (nSPS) is 19.2. The minimum Gasteiger partial charge on any atom is -0.485 e. The summed E-state index contributed by atoms with van der Waals surface area (Å²) in [5.74, 6) is 0.226. The lowest BCUT2D eigenvalue weighted by Gasteiger charge is -2.24. The molecule has 1 aliphatic rings. The summed E-state index contributed by atoms with van der Waals surface area (Å²) in [5, 5.41) is 0.461. The molecule has 1 fully saturated rings. The van der Waals surface area contributed by atoms with Gasteiger partial charge in [-0.3, -0.25) is 4.90 Å². The molecule has 0 bridgehead atoms. The van der Waals surface area contributed by atoms with Gasteiger partial charge in [0.05, 0.1) is 6.61 Å². The molecule has 5 heteroatoms. The maximum absolute atomic E-state index is 12.7. The number of ether oxygens (including phenoxy) is 2. The molecule has 1 heterocycles. The van der Waals surface area contributed by atoms with Crippen LogP contribution in [0.15, 0.2) is 60.7 Å². The van der Waals surface area contributed by atoms with Gasteiger partial charge in [-0.25, -0.2) is 4.79 Å². The van der Waals surface area contributed by atoms with Crippen molar-refractivity contribution in [1.29, 1.82) is 0 Å². The Bertz CT molecular complexity index is 735. The van der Waals surface area contributed by atoms with Crippen molar-refractivity contribution in [3.63, 3.8) is 0 Å². The fourth-order valence-corrected chi connectivity index (χ4v) is 3.61. The predicted octanol–water partition coefficient (Wildman–Crippen LogP) is 4.55. The van der Waals surface area contributed by atoms with Crippen LogP contribution in [0.5, 0.6) is 0 Å². The maximum atomic E-state index is 12.7. The third-order valence-electron chi connectivity index (χ3n) is 4.57. The third kappa shape index (κ3) is 4.41. The van der Waals surface area contributed by atoms with Gasteiger partial charge >= 0.3 is 6.09 Å². The second-order valence-corrected chi connectivity index (χ2v) is 6.71. The zero-order valence-corrected chi connectivity index (χ0v) is 15.7. The molecule has 0 radical (unpaired) electrons. The molecule has 4 nitrogen and oxygen atoms in total. The monoisotopic (exact) mass is 369 g/mol. The van der Waals surface area contributed by atoms with Crippen LogP contribution >= 0.6 is 12.2 Å². The topological polar surface area (TPSA) is 38.8 Å². The summed E-state index contributed by atoms with van der Waals surface area (Å²) in [6.07, 6.45) is 0.405. The number of likely N-dealkylation sites (tertiary alicyclic amines) is 1. The molecule has 1 amide bonds. The Kier molecular flexibility index (Phi) is 6.23. The number of hydrogen-bond donors (Lipinski definition) is 0.